The van der Waals surface area contributed by atoms with Crippen LogP contribution in [0.3, 0.4) is 0 Å². The lowest BCUT2D eigenvalue weighted by atomic mass is 9.93. The summed E-state index contributed by atoms with van der Waals surface area (Å²) in [5, 5.41) is 9.30. The van der Waals surface area contributed by atoms with Gasteiger partial charge in [-0.2, -0.15) is 0 Å². The molecule has 0 bridgehead atoms. The summed E-state index contributed by atoms with van der Waals surface area (Å²) in [4.78, 5) is 24.7. The van der Waals surface area contributed by atoms with Crippen molar-refractivity contribution >= 4 is 11.9 Å². The molecule has 0 aliphatic carbocycles. The van der Waals surface area contributed by atoms with E-state index in [0.29, 0.717) is 13.0 Å². The van der Waals surface area contributed by atoms with Crippen LogP contribution in [0.4, 0.5) is 0 Å². The molecular formula is C12H19NO4. The predicted octanol–water partition coefficient (Wildman–Crippen LogP) is 1.04. The number of carbonyl (C=O) groups is 2. The molecule has 5 heteroatoms. The molecule has 0 aromatic heterocycles. The summed E-state index contributed by atoms with van der Waals surface area (Å²) in [5.41, 5.74) is -0.0856. The van der Waals surface area contributed by atoms with Crippen molar-refractivity contribution in [2.45, 2.75) is 38.8 Å². The number of esters is 1. The highest BCUT2D eigenvalue weighted by Crippen LogP contribution is 2.27. The summed E-state index contributed by atoms with van der Waals surface area (Å²) in [7, 11) is 1.26. The monoisotopic (exact) mass is 241 g/mol. The highest BCUT2D eigenvalue weighted by atomic mass is 16.5. The molecule has 0 aromatic carbocycles. The van der Waals surface area contributed by atoms with Crippen LogP contribution in [0.1, 0.15) is 27.2 Å². The maximum absolute atomic E-state index is 11.6. The first-order valence-corrected chi connectivity index (χ1v) is 5.57. The highest BCUT2D eigenvalue weighted by molar-refractivity contribution is 5.97. The number of carboxylic acids is 1. The number of nitrogens with zero attached hydrogens (tertiary/aromatic N) is 1. The van der Waals surface area contributed by atoms with Gasteiger partial charge in [-0.1, -0.05) is 6.08 Å². The number of carboxylic acid groups (broad SMARTS) is 1. The Labute approximate surface area is 101 Å². The Morgan fingerprint density at radius 2 is 2.06 bits per heavy atom. The van der Waals surface area contributed by atoms with Gasteiger partial charge in [0, 0.05) is 12.1 Å². The van der Waals surface area contributed by atoms with Gasteiger partial charge in [-0.05, 0) is 27.2 Å². The molecule has 0 radical (unpaired) electrons. The standard InChI is InChI=1S/C12H19NO4/c1-12(2,3)13-7-5-6-8(11(16)17-4)9(13)10(14)15/h6,9H,5,7H2,1-4H3,(H,14,15). The fourth-order valence-corrected chi connectivity index (χ4v) is 2.07. The number of aliphatic carboxylic acids is 1. The Morgan fingerprint density at radius 3 is 2.47 bits per heavy atom. The fraction of sp³-hybridized carbons (Fsp3) is 0.667. The Hall–Kier alpha value is -1.36. The summed E-state index contributed by atoms with van der Waals surface area (Å²) < 4.78 is 4.63. The second-order valence-electron chi connectivity index (χ2n) is 5.04. The Morgan fingerprint density at radius 1 is 1.47 bits per heavy atom. The lowest BCUT2D eigenvalue weighted by Gasteiger charge is -2.42. The molecule has 1 atom stereocenters. The van der Waals surface area contributed by atoms with Crippen molar-refractivity contribution in [2.24, 2.45) is 0 Å². The third-order valence-corrected chi connectivity index (χ3v) is 2.86. The summed E-state index contributed by atoms with van der Waals surface area (Å²) >= 11 is 0. The van der Waals surface area contributed by atoms with Gasteiger partial charge in [0.25, 0.3) is 0 Å². The van der Waals surface area contributed by atoms with Crippen molar-refractivity contribution < 1.29 is 19.4 Å². The van der Waals surface area contributed by atoms with E-state index in [1.165, 1.54) is 7.11 Å². The van der Waals surface area contributed by atoms with Gasteiger partial charge in [-0.15, -0.1) is 0 Å². The van der Waals surface area contributed by atoms with Crippen molar-refractivity contribution in [3.05, 3.63) is 11.6 Å². The molecular weight excluding hydrogens is 222 g/mol. The SMILES string of the molecule is COC(=O)C1=CCCN(C(C)(C)C)C1C(=O)O. The Balaban J connectivity index is 3.11. The lowest BCUT2D eigenvalue weighted by Crippen LogP contribution is -2.55. The summed E-state index contributed by atoms with van der Waals surface area (Å²) in [6.45, 7) is 6.43. The average Bonchev–Trinajstić information content (AvgIpc) is 2.25. The topological polar surface area (TPSA) is 66.8 Å². The maximum atomic E-state index is 11.6. The van der Waals surface area contributed by atoms with Gasteiger partial charge >= 0.3 is 11.9 Å². The molecule has 1 heterocycles. The van der Waals surface area contributed by atoms with Crippen molar-refractivity contribution in [3.8, 4) is 0 Å². The van der Waals surface area contributed by atoms with Crippen molar-refractivity contribution in [1.82, 2.24) is 4.90 Å². The number of rotatable bonds is 2. The van der Waals surface area contributed by atoms with Gasteiger partial charge in [0.15, 0.2) is 0 Å². The summed E-state index contributed by atoms with van der Waals surface area (Å²) in [6.07, 6.45) is 2.32. The number of carbonyl (C=O) groups excluding carboxylic acids is 1. The van der Waals surface area contributed by atoms with Crippen LogP contribution in [0, 0.1) is 0 Å². The predicted molar refractivity (Wildman–Crippen MR) is 62.6 cm³/mol. The van der Waals surface area contributed by atoms with E-state index in [-0.39, 0.29) is 11.1 Å². The molecule has 1 rings (SSSR count). The van der Waals surface area contributed by atoms with Crippen LogP contribution in [-0.2, 0) is 14.3 Å². The Kier molecular flexibility index (Phi) is 3.93. The van der Waals surface area contributed by atoms with Crippen LogP contribution < -0.4 is 0 Å². The first-order chi connectivity index (χ1) is 7.79. The number of ether oxygens (including phenoxy) is 1. The second-order valence-corrected chi connectivity index (χ2v) is 5.04. The van der Waals surface area contributed by atoms with Crippen LogP contribution in [-0.4, -0.2) is 47.2 Å². The largest absolute Gasteiger partial charge is 0.480 e. The van der Waals surface area contributed by atoms with E-state index in [1.807, 2.05) is 25.7 Å². The van der Waals surface area contributed by atoms with E-state index in [0.717, 1.165) is 0 Å². The minimum Gasteiger partial charge on any atom is -0.480 e. The van der Waals surface area contributed by atoms with Crippen LogP contribution >= 0.6 is 0 Å². The molecule has 0 fully saturated rings. The van der Waals surface area contributed by atoms with E-state index < -0.39 is 18.0 Å². The maximum Gasteiger partial charge on any atom is 0.335 e. The van der Waals surface area contributed by atoms with E-state index in [4.69, 9.17) is 0 Å². The van der Waals surface area contributed by atoms with E-state index in [1.54, 1.807) is 6.08 Å². The number of hydrogen-bond acceptors (Lipinski definition) is 4. The summed E-state index contributed by atoms with van der Waals surface area (Å²) in [6, 6.07) is -0.920. The summed E-state index contributed by atoms with van der Waals surface area (Å²) in [5.74, 6) is -1.58. The van der Waals surface area contributed by atoms with Gasteiger partial charge in [0.1, 0.15) is 6.04 Å². The van der Waals surface area contributed by atoms with Crippen molar-refractivity contribution in [2.75, 3.05) is 13.7 Å². The molecule has 0 saturated heterocycles. The zero-order chi connectivity index (χ0) is 13.2. The van der Waals surface area contributed by atoms with E-state index >= 15 is 0 Å². The average molecular weight is 241 g/mol. The molecule has 1 aliphatic heterocycles. The fourth-order valence-electron chi connectivity index (χ4n) is 2.07. The first kappa shape index (κ1) is 13.7. The van der Waals surface area contributed by atoms with Gasteiger partial charge in [0.05, 0.1) is 12.7 Å². The third-order valence-electron chi connectivity index (χ3n) is 2.86. The number of hydrogen-bond donors (Lipinski definition) is 1. The number of methoxy groups -OCH3 is 1. The first-order valence-electron chi connectivity index (χ1n) is 5.57. The van der Waals surface area contributed by atoms with Crippen LogP contribution in [0.25, 0.3) is 0 Å². The highest BCUT2D eigenvalue weighted by Gasteiger charge is 2.40. The molecule has 0 spiro atoms. The quantitative estimate of drug-likeness (QED) is 0.732. The molecule has 96 valence electrons. The van der Waals surface area contributed by atoms with Crippen LogP contribution in [0.5, 0.6) is 0 Å². The molecule has 0 amide bonds. The zero-order valence-corrected chi connectivity index (χ0v) is 10.7. The third kappa shape index (κ3) is 2.85. The smallest absolute Gasteiger partial charge is 0.335 e. The van der Waals surface area contributed by atoms with Gasteiger partial charge < -0.3 is 9.84 Å². The van der Waals surface area contributed by atoms with E-state index in [9.17, 15) is 14.7 Å². The molecule has 0 aromatic rings. The van der Waals surface area contributed by atoms with E-state index in [2.05, 4.69) is 4.74 Å². The minimum atomic E-state index is -1.02. The van der Waals surface area contributed by atoms with Crippen molar-refractivity contribution in [3.63, 3.8) is 0 Å². The van der Waals surface area contributed by atoms with Crippen LogP contribution in [0.2, 0.25) is 0 Å². The molecule has 5 nitrogen and oxygen atoms in total. The molecule has 17 heavy (non-hydrogen) atoms. The van der Waals surface area contributed by atoms with Gasteiger partial charge in [-0.3, -0.25) is 9.69 Å². The second kappa shape index (κ2) is 4.87. The van der Waals surface area contributed by atoms with Crippen molar-refractivity contribution in [1.29, 1.82) is 0 Å². The molecule has 1 N–H and O–H groups in total. The molecule has 0 saturated carbocycles. The minimum absolute atomic E-state index is 0.223. The van der Waals surface area contributed by atoms with Crippen LogP contribution in [0.15, 0.2) is 11.6 Å². The molecule has 1 unspecified atom stereocenters. The Bertz CT molecular complexity index is 354. The zero-order valence-electron chi connectivity index (χ0n) is 10.7. The normalized spacial score (nSPS) is 21.9. The lowest BCUT2D eigenvalue weighted by molar-refractivity contribution is -0.148. The van der Waals surface area contributed by atoms with Gasteiger partial charge in [0.2, 0.25) is 0 Å². The molecule has 1 aliphatic rings. The van der Waals surface area contributed by atoms with Gasteiger partial charge in [-0.25, -0.2) is 4.79 Å².